The molecule has 0 bridgehead atoms. The van der Waals surface area contributed by atoms with Gasteiger partial charge in [-0.3, -0.25) is 0 Å². The largest absolute Gasteiger partial charge is 0.383 e. The van der Waals surface area contributed by atoms with Crippen molar-refractivity contribution in [3.8, 4) is 0 Å². The van der Waals surface area contributed by atoms with Crippen LogP contribution in [-0.4, -0.2) is 34.7 Å². The fraction of sp³-hybridized carbons (Fsp3) is 0.571. The predicted molar refractivity (Wildman–Crippen MR) is 84.9 cm³/mol. The molecule has 0 saturated heterocycles. The number of nitrogens with two attached hydrogens (primary N) is 2. The highest BCUT2D eigenvalue weighted by Crippen LogP contribution is 2.24. The van der Waals surface area contributed by atoms with Crippen LogP contribution in [0.2, 0.25) is 0 Å². The van der Waals surface area contributed by atoms with Crippen LogP contribution in [0.15, 0.2) is 17.0 Å². The number of nitrogens with one attached hydrogen (secondary N) is 1. The Morgan fingerprint density at radius 2 is 2.00 bits per heavy atom. The minimum Gasteiger partial charge on any atom is -0.383 e. The standard InChI is InChI=1S/C14H25N3O3S/c1-10-7-13(21(16,18)19)8-14(11(10)2)17-12(9-20-3)5-4-6-15/h7-8,12,17H,4-6,9,15H2,1-3H3,(H2,16,18,19). The molecule has 0 heterocycles. The maximum atomic E-state index is 11.5. The van der Waals surface area contributed by atoms with Crippen LogP contribution in [0.3, 0.4) is 0 Å². The zero-order valence-corrected chi connectivity index (χ0v) is 13.7. The van der Waals surface area contributed by atoms with E-state index in [2.05, 4.69) is 5.32 Å². The fourth-order valence-corrected chi connectivity index (χ4v) is 2.75. The predicted octanol–water partition coefficient (Wildman–Crippen LogP) is 1.12. The number of anilines is 1. The quantitative estimate of drug-likeness (QED) is 0.666. The summed E-state index contributed by atoms with van der Waals surface area (Å²) in [6, 6.07) is 3.23. The van der Waals surface area contributed by atoms with E-state index in [-0.39, 0.29) is 10.9 Å². The van der Waals surface area contributed by atoms with E-state index in [1.54, 1.807) is 19.2 Å². The first-order valence-electron chi connectivity index (χ1n) is 6.89. The van der Waals surface area contributed by atoms with Crippen molar-refractivity contribution < 1.29 is 13.2 Å². The maximum absolute atomic E-state index is 11.5. The van der Waals surface area contributed by atoms with Gasteiger partial charge in [0.25, 0.3) is 0 Å². The zero-order valence-electron chi connectivity index (χ0n) is 12.8. The molecule has 0 aliphatic carbocycles. The van der Waals surface area contributed by atoms with Crippen molar-refractivity contribution in [3.63, 3.8) is 0 Å². The second kappa shape index (κ2) is 7.74. The third-order valence-corrected chi connectivity index (χ3v) is 4.35. The molecule has 0 fully saturated rings. The first-order valence-corrected chi connectivity index (χ1v) is 8.43. The van der Waals surface area contributed by atoms with Crippen LogP contribution < -0.4 is 16.2 Å². The number of sulfonamides is 1. The van der Waals surface area contributed by atoms with Crippen LogP contribution in [0.4, 0.5) is 5.69 Å². The Morgan fingerprint density at radius 1 is 1.33 bits per heavy atom. The average Bonchev–Trinajstić information content (AvgIpc) is 2.39. The summed E-state index contributed by atoms with van der Waals surface area (Å²) in [6.07, 6.45) is 1.72. The lowest BCUT2D eigenvalue weighted by Gasteiger charge is -2.21. The van der Waals surface area contributed by atoms with Crippen LogP contribution >= 0.6 is 0 Å². The van der Waals surface area contributed by atoms with Gasteiger partial charge in [0.1, 0.15) is 0 Å². The lowest BCUT2D eigenvalue weighted by atomic mass is 10.1. The fourth-order valence-electron chi connectivity index (χ4n) is 2.12. The molecule has 0 saturated carbocycles. The van der Waals surface area contributed by atoms with E-state index in [1.807, 2.05) is 13.8 Å². The Morgan fingerprint density at radius 3 is 2.52 bits per heavy atom. The molecule has 1 aromatic rings. The van der Waals surface area contributed by atoms with Gasteiger partial charge in [0.2, 0.25) is 10.0 Å². The number of methoxy groups -OCH3 is 1. The molecule has 21 heavy (non-hydrogen) atoms. The van der Waals surface area contributed by atoms with Crippen molar-refractivity contribution in [2.45, 2.75) is 37.6 Å². The number of primary sulfonamides is 1. The molecule has 0 spiro atoms. The van der Waals surface area contributed by atoms with Gasteiger partial charge >= 0.3 is 0 Å². The summed E-state index contributed by atoms with van der Waals surface area (Å²) in [5.41, 5.74) is 8.17. The van der Waals surface area contributed by atoms with Crippen molar-refractivity contribution in [3.05, 3.63) is 23.3 Å². The second-order valence-electron chi connectivity index (χ2n) is 5.19. The molecule has 1 rings (SSSR count). The van der Waals surface area contributed by atoms with Crippen LogP contribution in [0.25, 0.3) is 0 Å². The van der Waals surface area contributed by atoms with Gasteiger partial charge in [-0.1, -0.05) is 0 Å². The van der Waals surface area contributed by atoms with Crippen molar-refractivity contribution >= 4 is 15.7 Å². The van der Waals surface area contributed by atoms with Crippen LogP contribution in [-0.2, 0) is 14.8 Å². The van der Waals surface area contributed by atoms with Gasteiger partial charge in [-0.05, 0) is 56.5 Å². The van der Waals surface area contributed by atoms with Crippen LogP contribution in [0.1, 0.15) is 24.0 Å². The smallest absolute Gasteiger partial charge is 0.238 e. The van der Waals surface area contributed by atoms with E-state index in [0.29, 0.717) is 13.2 Å². The number of rotatable bonds is 8. The molecule has 5 N–H and O–H groups in total. The minimum absolute atomic E-state index is 0.0763. The molecule has 1 unspecified atom stereocenters. The molecule has 0 radical (unpaired) electrons. The number of hydrogen-bond donors (Lipinski definition) is 3. The lowest BCUT2D eigenvalue weighted by Crippen LogP contribution is -2.26. The van der Waals surface area contributed by atoms with E-state index in [9.17, 15) is 8.42 Å². The lowest BCUT2D eigenvalue weighted by molar-refractivity contribution is 0.182. The maximum Gasteiger partial charge on any atom is 0.238 e. The van der Waals surface area contributed by atoms with Crippen molar-refractivity contribution in [2.75, 3.05) is 25.6 Å². The topological polar surface area (TPSA) is 107 Å². The van der Waals surface area contributed by atoms with Crippen molar-refractivity contribution in [2.24, 2.45) is 10.9 Å². The van der Waals surface area contributed by atoms with E-state index in [1.165, 1.54) is 0 Å². The molecule has 0 aromatic heterocycles. The molecule has 0 amide bonds. The summed E-state index contributed by atoms with van der Waals surface area (Å²) in [6.45, 7) is 4.94. The van der Waals surface area contributed by atoms with Crippen LogP contribution in [0, 0.1) is 13.8 Å². The van der Waals surface area contributed by atoms with Gasteiger partial charge in [0.05, 0.1) is 11.5 Å². The Labute approximate surface area is 126 Å². The summed E-state index contributed by atoms with van der Waals surface area (Å²) < 4.78 is 28.3. The summed E-state index contributed by atoms with van der Waals surface area (Å²) in [4.78, 5) is 0.114. The van der Waals surface area contributed by atoms with Gasteiger partial charge in [-0.15, -0.1) is 0 Å². The van der Waals surface area contributed by atoms with Gasteiger partial charge in [0.15, 0.2) is 0 Å². The molecule has 7 heteroatoms. The highest BCUT2D eigenvalue weighted by Gasteiger charge is 2.15. The number of benzene rings is 1. The summed E-state index contributed by atoms with van der Waals surface area (Å²) in [5.74, 6) is 0. The van der Waals surface area contributed by atoms with E-state index >= 15 is 0 Å². The summed E-state index contributed by atoms with van der Waals surface area (Å²) in [7, 11) is -2.09. The number of aryl methyl sites for hydroxylation is 1. The summed E-state index contributed by atoms with van der Waals surface area (Å²) >= 11 is 0. The molecule has 6 nitrogen and oxygen atoms in total. The molecular formula is C14H25N3O3S. The van der Waals surface area contributed by atoms with Crippen LogP contribution in [0.5, 0.6) is 0 Å². The van der Waals surface area contributed by atoms with E-state index in [0.717, 1.165) is 29.7 Å². The number of hydrogen-bond acceptors (Lipinski definition) is 5. The van der Waals surface area contributed by atoms with E-state index < -0.39 is 10.0 Å². The highest BCUT2D eigenvalue weighted by atomic mass is 32.2. The Balaban J connectivity index is 3.07. The third-order valence-electron chi connectivity index (χ3n) is 3.45. The van der Waals surface area contributed by atoms with Gasteiger partial charge in [-0.2, -0.15) is 0 Å². The van der Waals surface area contributed by atoms with E-state index in [4.69, 9.17) is 15.6 Å². The normalized spacial score (nSPS) is 13.2. The highest BCUT2D eigenvalue weighted by molar-refractivity contribution is 7.89. The number of ether oxygens (including phenoxy) is 1. The Hall–Kier alpha value is -1.15. The molecular weight excluding hydrogens is 290 g/mol. The first-order chi connectivity index (χ1) is 9.79. The Bertz CT molecular complexity index is 573. The SMILES string of the molecule is COCC(CCCN)Nc1cc(S(N)(=O)=O)cc(C)c1C. The molecule has 0 aliphatic heterocycles. The van der Waals surface area contributed by atoms with Gasteiger partial charge < -0.3 is 15.8 Å². The third kappa shape index (κ3) is 5.28. The van der Waals surface area contributed by atoms with Crippen molar-refractivity contribution in [1.82, 2.24) is 0 Å². The molecule has 1 atom stereocenters. The molecule has 120 valence electrons. The monoisotopic (exact) mass is 315 g/mol. The average molecular weight is 315 g/mol. The first kappa shape index (κ1) is 17.9. The summed E-state index contributed by atoms with van der Waals surface area (Å²) in [5, 5.41) is 8.55. The molecule has 0 aliphatic rings. The zero-order chi connectivity index (χ0) is 16.0. The van der Waals surface area contributed by atoms with Crippen molar-refractivity contribution in [1.29, 1.82) is 0 Å². The van der Waals surface area contributed by atoms with Gasteiger partial charge in [-0.25, -0.2) is 13.6 Å². The second-order valence-corrected chi connectivity index (χ2v) is 6.75. The molecule has 1 aromatic carbocycles. The minimum atomic E-state index is -3.72. The Kier molecular flexibility index (Phi) is 6.60. The van der Waals surface area contributed by atoms with Gasteiger partial charge in [0, 0.05) is 18.8 Å².